The summed E-state index contributed by atoms with van der Waals surface area (Å²) < 4.78 is 0. The number of rotatable bonds is 2. The fourth-order valence-electron chi connectivity index (χ4n) is 2.43. The Balaban J connectivity index is 1.81. The van der Waals surface area contributed by atoms with Crippen molar-refractivity contribution in [2.75, 3.05) is 10.6 Å². The van der Waals surface area contributed by atoms with E-state index >= 15 is 0 Å². The first-order valence-electron chi connectivity index (χ1n) is 7.12. The van der Waals surface area contributed by atoms with Crippen LogP contribution < -0.4 is 10.6 Å². The van der Waals surface area contributed by atoms with Gasteiger partial charge in [0.15, 0.2) is 0 Å². The van der Waals surface area contributed by atoms with Crippen LogP contribution in [0.5, 0.6) is 0 Å². The average Bonchev–Trinajstić information content (AvgIpc) is 2.50. The number of carbonyl (C=O) groups excluding carboxylic acids is 1. The molecule has 0 saturated heterocycles. The van der Waals surface area contributed by atoms with Gasteiger partial charge in [0.1, 0.15) is 0 Å². The SMILES string of the molecule is Cc1ccc(NC(=O)Nc2cccc3cccnc23)c(C)c1. The number of benzene rings is 2. The summed E-state index contributed by atoms with van der Waals surface area (Å²) in [5.41, 5.74) is 4.48. The zero-order chi connectivity index (χ0) is 15.5. The summed E-state index contributed by atoms with van der Waals surface area (Å²) in [5.74, 6) is 0. The molecule has 0 radical (unpaired) electrons. The second-order valence-corrected chi connectivity index (χ2v) is 5.28. The van der Waals surface area contributed by atoms with Crippen LogP contribution in [0.4, 0.5) is 16.2 Å². The van der Waals surface area contributed by atoms with Gasteiger partial charge in [0.2, 0.25) is 0 Å². The van der Waals surface area contributed by atoms with Crippen LogP contribution in [-0.4, -0.2) is 11.0 Å². The fourth-order valence-corrected chi connectivity index (χ4v) is 2.43. The third-order valence-corrected chi connectivity index (χ3v) is 3.51. The van der Waals surface area contributed by atoms with E-state index in [2.05, 4.69) is 15.6 Å². The van der Waals surface area contributed by atoms with E-state index in [1.807, 2.05) is 62.4 Å². The van der Waals surface area contributed by atoms with E-state index in [9.17, 15) is 4.79 Å². The Morgan fingerprint density at radius 2 is 1.73 bits per heavy atom. The smallest absolute Gasteiger partial charge is 0.307 e. The molecule has 0 aliphatic rings. The lowest BCUT2D eigenvalue weighted by Crippen LogP contribution is -2.20. The minimum absolute atomic E-state index is 0.273. The summed E-state index contributed by atoms with van der Waals surface area (Å²) in [6.07, 6.45) is 1.72. The van der Waals surface area contributed by atoms with E-state index in [1.165, 1.54) is 5.56 Å². The molecule has 0 spiro atoms. The van der Waals surface area contributed by atoms with Crippen LogP contribution in [0.3, 0.4) is 0 Å². The molecule has 2 aromatic carbocycles. The van der Waals surface area contributed by atoms with Crippen molar-refractivity contribution in [3.8, 4) is 0 Å². The first kappa shape index (κ1) is 14.1. The van der Waals surface area contributed by atoms with Crippen LogP contribution in [0, 0.1) is 13.8 Å². The first-order chi connectivity index (χ1) is 10.6. The number of anilines is 2. The van der Waals surface area contributed by atoms with Crippen molar-refractivity contribution in [1.82, 2.24) is 4.98 Å². The number of aromatic nitrogens is 1. The molecule has 1 heterocycles. The van der Waals surface area contributed by atoms with E-state index in [-0.39, 0.29) is 6.03 Å². The predicted molar refractivity (Wildman–Crippen MR) is 90.3 cm³/mol. The molecular formula is C18H17N3O. The van der Waals surface area contributed by atoms with Crippen molar-refractivity contribution in [3.05, 3.63) is 65.9 Å². The molecule has 3 aromatic rings. The lowest BCUT2D eigenvalue weighted by Gasteiger charge is -2.11. The van der Waals surface area contributed by atoms with Crippen LogP contribution in [0.1, 0.15) is 11.1 Å². The molecule has 0 bridgehead atoms. The molecular weight excluding hydrogens is 274 g/mol. The molecule has 110 valence electrons. The number of nitrogens with one attached hydrogen (secondary N) is 2. The van der Waals surface area contributed by atoms with Crippen molar-refractivity contribution in [1.29, 1.82) is 0 Å². The molecule has 1 aromatic heterocycles. The molecule has 4 nitrogen and oxygen atoms in total. The van der Waals surface area contributed by atoms with Gasteiger partial charge in [-0.05, 0) is 37.6 Å². The molecule has 2 N–H and O–H groups in total. The molecule has 0 aliphatic carbocycles. The third-order valence-electron chi connectivity index (χ3n) is 3.51. The predicted octanol–water partition coefficient (Wildman–Crippen LogP) is 4.50. The van der Waals surface area contributed by atoms with Crippen molar-refractivity contribution >= 4 is 28.3 Å². The molecule has 0 unspecified atom stereocenters. The second-order valence-electron chi connectivity index (χ2n) is 5.28. The number of amides is 2. The lowest BCUT2D eigenvalue weighted by molar-refractivity contribution is 0.262. The summed E-state index contributed by atoms with van der Waals surface area (Å²) in [7, 11) is 0. The van der Waals surface area contributed by atoms with Gasteiger partial charge in [-0.15, -0.1) is 0 Å². The Morgan fingerprint density at radius 3 is 2.55 bits per heavy atom. The number of urea groups is 1. The second kappa shape index (κ2) is 5.85. The Labute approximate surface area is 129 Å². The quantitative estimate of drug-likeness (QED) is 0.730. The Morgan fingerprint density at radius 1 is 0.955 bits per heavy atom. The van der Waals surface area contributed by atoms with Gasteiger partial charge in [-0.1, -0.05) is 35.9 Å². The number of fused-ring (bicyclic) bond motifs is 1. The molecule has 0 fully saturated rings. The van der Waals surface area contributed by atoms with E-state index in [4.69, 9.17) is 0 Å². The summed E-state index contributed by atoms with van der Waals surface area (Å²) in [6, 6.07) is 15.2. The largest absolute Gasteiger partial charge is 0.323 e. The number of hydrogen-bond donors (Lipinski definition) is 2. The fraction of sp³-hybridized carbons (Fsp3) is 0.111. The number of nitrogens with zero attached hydrogens (tertiary/aromatic N) is 1. The lowest BCUT2D eigenvalue weighted by atomic mass is 10.1. The van der Waals surface area contributed by atoms with Crippen molar-refractivity contribution < 1.29 is 4.79 Å². The summed E-state index contributed by atoms with van der Waals surface area (Å²) in [6.45, 7) is 4.00. The Bertz CT molecular complexity index is 837. The van der Waals surface area contributed by atoms with Crippen LogP contribution in [0.25, 0.3) is 10.9 Å². The Hall–Kier alpha value is -2.88. The van der Waals surface area contributed by atoms with Crippen molar-refractivity contribution in [3.63, 3.8) is 0 Å². The standard InChI is InChI=1S/C18H17N3O/c1-12-8-9-15(13(2)11-12)20-18(22)21-16-7-3-5-14-6-4-10-19-17(14)16/h3-11H,1-2H3,(H2,20,21,22). The van der Waals surface area contributed by atoms with Gasteiger partial charge in [0.25, 0.3) is 0 Å². The molecule has 22 heavy (non-hydrogen) atoms. The highest BCUT2D eigenvalue weighted by atomic mass is 16.2. The maximum absolute atomic E-state index is 12.2. The number of carbonyl (C=O) groups is 1. The van der Waals surface area contributed by atoms with Crippen LogP contribution in [0.15, 0.2) is 54.7 Å². The zero-order valence-electron chi connectivity index (χ0n) is 12.6. The molecule has 3 rings (SSSR count). The van der Waals surface area contributed by atoms with E-state index in [1.54, 1.807) is 6.20 Å². The number of pyridine rings is 1. The maximum atomic E-state index is 12.2. The molecule has 0 aliphatic heterocycles. The number of para-hydroxylation sites is 1. The van der Waals surface area contributed by atoms with Gasteiger partial charge in [0, 0.05) is 17.3 Å². The van der Waals surface area contributed by atoms with Crippen molar-refractivity contribution in [2.24, 2.45) is 0 Å². The summed E-state index contributed by atoms with van der Waals surface area (Å²) in [5, 5.41) is 6.73. The minimum atomic E-state index is -0.273. The van der Waals surface area contributed by atoms with E-state index in [0.717, 1.165) is 22.2 Å². The van der Waals surface area contributed by atoms with Gasteiger partial charge in [-0.3, -0.25) is 4.98 Å². The van der Waals surface area contributed by atoms with Gasteiger partial charge in [-0.2, -0.15) is 0 Å². The highest BCUT2D eigenvalue weighted by Gasteiger charge is 2.08. The number of hydrogen-bond acceptors (Lipinski definition) is 2. The van der Waals surface area contributed by atoms with E-state index < -0.39 is 0 Å². The first-order valence-corrected chi connectivity index (χ1v) is 7.12. The topological polar surface area (TPSA) is 54.0 Å². The molecule has 4 heteroatoms. The van der Waals surface area contributed by atoms with Crippen LogP contribution in [-0.2, 0) is 0 Å². The summed E-state index contributed by atoms with van der Waals surface area (Å²) >= 11 is 0. The normalized spacial score (nSPS) is 10.5. The number of aryl methyl sites for hydroxylation is 2. The minimum Gasteiger partial charge on any atom is -0.307 e. The third kappa shape index (κ3) is 2.91. The molecule has 0 atom stereocenters. The van der Waals surface area contributed by atoms with Gasteiger partial charge in [-0.25, -0.2) is 4.79 Å². The molecule has 2 amide bonds. The van der Waals surface area contributed by atoms with Gasteiger partial charge >= 0.3 is 6.03 Å². The molecule has 0 saturated carbocycles. The average molecular weight is 291 g/mol. The zero-order valence-corrected chi connectivity index (χ0v) is 12.6. The Kier molecular flexibility index (Phi) is 3.74. The monoisotopic (exact) mass is 291 g/mol. The highest BCUT2D eigenvalue weighted by molar-refractivity contribution is 6.05. The van der Waals surface area contributed by atoms with Crippen LogP contribution in [0.2, 0.25) is 0 Å². The van der Waals surface area contributed by atoms with Crippen molar-refractivity contribution in [2.45, 2.75) is 13.8 Å². The van der Waals surface area contributed by atoms with Gasteiger partial charge in [0.05, 0.1) is 11.2 Å². The maximum Gasteiger partial charge on any atom is 0.323 e. The highest BCUT2D eigenvalue weighted by Crippen LogP contribution is 2.21. The van der Waals surface area contributed by atoms with E-state index in [0.29, 0.717) is 5.69 Å². The van der Waals surface area contributed by atoms with Crippen LogP contribution >= 0.6 is 0 Å². The summed E-state index contributed by atoms with van der Waals surface area (Å²) in [4.78, 5) is 16.5. The van der Waals surface area contributed by atoms with Gasteiger partial charge < -0.3 is 10.6 Å².